The van der Waals surface area contributed by atoms with E-state index in [1.807, 2.05) is 18.2 Å². The Morgan fingerprint density at radius 1 is 1.14 bits per heavy atom. The van der Waals surface area contributed by atoms with Gasteiger partial charge < -0.3 is 4.98 Å². The zero-order valence-corrected chi connectivity index (χ0v) is 8.08. The monoisotopic (exact) mass is 205 g/mol. The number of carbonyl (C=O) groups is 1. The molecule has 1 N–H and O–H groups in total. The zero-order chi connectivity index (χ0) is 9.97. The predicted molar refractivity (Wildman–Crippen MR) is 56.6 cm³/mol. The van der Waals surface area contributed by atoms with Crippen molar-refractivity contribution in [1.29, 1.82) is 0 Å². The van der Waals surface area contributed by atoms with Gasteiger partial charge in [0.05, 0.1) is 0 Å². The number of aldehydes is 1. The van der Waals surface area contributed by atoms with Gasteiger partial charge in [0.15, 0.2) is 6.29 Å². The number of rotatable bonds is 2. The number of aromatic nitrogens is 1. The maximum Gasteiger partial charge on any atom is 0.152 e. The lowest BCUT2D eigenvalue weighted by molar-refractivity contribution is 0.112. The SMILES string of the molecule is O=Cc1c[nH]cc1-c1ccccc1Cl. The van der Waals surface area contributed by atoms with E-state index >= 15 is 0 Å². The van der Waals surface area contributed by atoms with Crippen LogP contribution in [0.25, 0.3) is 11.1 Å². The Bertz CT molecular complexity index is 462. The van der Waals surface area contributed by atoms with Gasteiger partial charge in [-0.3, -0.25) is 4.79 Å². The summed E-state index contributed by atoms with van der Waals surface area (Å²) in [6, 6.07) is 7.44. The van der Waals surface area contributed by atoms with Crippen molar-refractivity contribution in [3.63, 3.8) is 0 Å². The first-order valence-corrected chi connectivity index (χ1v) is 4.57. The number of hydrogen-bond donors (Lipinski definition) is 1. The van der Waals surface area contributed by atoms with Gasteiger partial charge in [0, 0.05) is 34.1 Å². The summed E-state index contributed by atoms with van der Waals surface area (Å²) in [6.45, 7) is 0. The molecular weight excluding hydrogens is 198 g/mol. The number of benzene rings is 1. The molecule has 2 rings (SSSR count). The molecule has 0 amide bonds. The van der Waals surface area contributed by atoms with Crippen molar-refractivity contribution < 1.29 is 4.79 Å². The first kappa shape index (κ1) is 9.03. The summed E-state index contributed by atoms with van der Waals surface area (Å²) in [5.41, 5.74) is 2.33. The van der Waals surface area contributed by atoms with Crippen LogP contribution < -0.4 is 0 Å². The van der Waals surface area contributed by atoms with Gasteiger partial charge in [-0.25, -0.2) is 0 Å². The van der Waals surface area contributed by atoms with Gasteiger partial charge >= 0.3 is 0 Å². The van der Waals surface area contributed by atoms with Crippen LogP contribution in [0.4, 0.5) is 0 Å². The Labute approximate surface area is 86.5 Å². The lowest BCUT2D eigenvalue weighted by atomic mass is 10.1. The zero-order valence-electron chi connectivity index (χ0n) is 7.33. The third kappa shape index (κ3) is 1.44. The lowest BCUT2D eigenvalue weighted by Crippen LogP contribution is -1.82. The van der Waals surface area contributed by atoms with Gasteiger partial charge in [0.2, 0.25) is 0 Å². The fraction of sp³-hybridized carbons (Fsp3) is 0. The molecule has 0 saturated carbocycles. The van der Waals surface area contributed by atoms with Crippen molar-refractivity contribution in [3.05, 3.63) is 47.2 Å². The Hall–Kier alpha value is -1.54. The number of halogens is 1. The summed E-state index contributed by atoms with van der Waals surface area (Å²) in [7, 11) is 0. The summed E-state index contributed by atoms with van der Waals surface area (Å²) in [5.74, 6) is 0. The number of nitrogens with one attached hydrogen (secondary N) is 1. The average Bonchev–Trinajstić information content (AvgIpc) is 2.66. The van der Waals surface area contributed by atoms with Crippen LogP contribution in [0.2, 0.25) is 5.02 Å². The Morgan fingerprint density at radius 3 is 2.64 bits per heavy atom. The molecular formula is C11H8ClNO. The highest BCUT2D eigenvalue weighted by Crippen LogP contribution is 2.29. The van der Waals surface area contributed by atoms with Crippen LogP contribution in [0.1, 0.15) is 10.4 Å². The van der Waals surface area contributed by atoms with Gasteiger partial charge in [0.25, 0.3) is 0 Å². The third-order valence-electron chi connectivity index (χ3n) is 2.07. The second-order valence-electron chi connectivity index (χ2n) is 2.92. The number of H-pyrrole nitrogens is 1. The van der Waals surface area contributed by atoms with E-state index in [0.29, 0.717) is 10.6 Å². The van der Waals surface area contributed by atoms with Crippen molar-refractivity contribution in [3.8, 4) is 11.1 Å². The van der Waals surface area contributed by atoms with Gasteiger partial charge in [-0.15, -0.1) is 0 Å². The topological polar surface area (TPSA) is 32.9 Å². The predicted octanol–water partition coefficient (Wildman–Crippen LogP) is 3.15. The molecule has 70 valence electrons. The second kappa shape index (κ2) is 3.68. The van der Waals surface area contributed by atoms with Gasteiger partial charge in [-0.1, -0.05) is 29.8 Å². The summed E-state index contributed by atoms with van der Waals surface area (Å²) < 4.78 is 0. The molecule has 1 aromatic heterocycles. The van der Waals surface area contributed by atoms with E-state index in [9.17, 15) is 4.79 Å². The van der Waals surface area contributed by atoms with E-state index in [2.05, 4.69) is 4.98 Å². The first-order valence-electron chi connectivity index (χ1n) is 4.20. The van der Waals surface area contributed by atoms with Crippen molar-refractivity contribution in [1.82, 2.24) is 4.98 Å². The normalized spacial score (nSPS) is 10.1. The molecule has 0 fully saturated rings. The molecule has 0 aliphatic heterocycles. The van der Waals surface area contributed by atoms with Gasteiger partial charge in [0.1, 0.15) is 0 Å². The molecule has 1 aromatic carbocycles. The highest BCUT2D eigenvalue weighted by molar-refractivity contribution is 6.33. The fourth-order valence-corrected chi connectivity index (χ4v) is 1.62. The molecule has 0 unspecified atom stereocenters. The lowest BCUT2D eigenvalue weighted by Gasteiger charge is -2.01. The average molecular weight is 206 g/mol. The highest BCUT2D eigenvalue weighted by atomic mass is 35.5. The van der Waals surface area contributed by atoms with Crippen LogP contribution >= 0.6 is 11.6 Å². The van der Waals surface area contributed by atoms with Crippen LogP contribution in [0, 0.1) is 0 Å². The van der Waals surface area contributed by atoms with Crippen molar-refractivity contribution in [2.45, 2.75) is 0 Å². The van der Waals surface area contributed by atoms with E-state index in [1.54, 1.807) is 18.5 Å². The van der Waals surface area contributed by atoms with Crippen LogP contribution in [0.15, 0.2) is 36.7 Å². The van der Waals surface area contributed by atoms with Crippen molar-refractivity contribution in [2.75, 3.05) is 0 Å². The number of hydrogen-bond acceptors (Lipinski definition) is 1. The molecule has 0 spiro atoms. The minimum Gasteiger partial charge on any atom is -0.366 e. The molecule has 2 aromatic rings. The van der Waals surface area contributed by atoms with E-state index in [1.165, 1.54) is 0 Å². The molecule has 0 aliphatic carbocycles. The maximum atomic E-state index is 10.7. The number of carbonyl (C=O) groups excluding carboxylic acids is 1. The molecule has 0 aliphatic rings. The largest absolute Gasteiger partial charge is 0.366 e. The molecule has 2 nitrogen and oxygen atoms in total. The summed E-state index contributed by atoms with van der Waals surface area (Å²) in [5, 5.41) is 0.648. The van der Waals surface area contributed by atoms with Gasteiger partial charge in [-0.05, 0) is 6.07 Å². The molecule has 0 bridgehead atoms. The van der Waals surface area contributed by atoms with Gasteiger partial charge in [-0.2, -0.15) is 0 Å². The van der Waals surface area contributed by atoms with Crippen LogP contribution in [-0.2, 0) is 0 Å². The summed E-state index contributed by atoms with van der Waals surface area (Å²) in [6.07, 6.45) is 4.24. The summed E-state index contributed by atoms with van der Waals surface area (Å²) >= 11 is 6.01. The Balaban J connectivity index is 2.60. The van der Waals surface area contributed by atoms with E-state index in [0.717, 1.165) is 17.4 Å². The third-order valence-corrected chi connectivity index (χ3v) is 2.40. The van der Waals surface area contributed by atoms with E-state index in [-0.39, 0.29) is 0 Å². The standard InChI is InChI=1S/C11H8ClNO/c12-11-4-2-1-3-9(11)10-6-13-5-8(10)7-14/h1-7,13H. The van der Waals surface area contributed by atoms with Crippen molar-refractivity contribution >= 4 is 17.9 Å². The summed E-state index contributed by atoms with van der Waals surface area (Å²) in [4.78, 5) is 13.6. The molecule has 3 heteroatoms. The van der Waals surface area contributed by atoms with Crippen LogP contribution in [0.3, 0.4) is 0 Å². The van der Waals surface area contributed by atoms with Crippen molar-refractivity contribution in [2.24, 2.45) is 0 Å². The quantitative estimate of drug-likeness (QED) is 0.751. The molecule has 0 saturated heterocycles. The van der Waals surface area contributed by atoms with Crippen LogP contribution in [-0.4, -0.2) is 11.3 Å². The number of aromatic amines is 1. The Kier molecular flexibility index (Phi) is 2.37. The Morgan fingerprint density at radius 2 is 1.93 bits per heavy atom. The molecule has 14 heavy (non-hydrogen) atoms. The smallest absolute Gasteiger partial charge is 0.152 e. The van der Waals surface area contributed by atoms with E-state index in [4.69, 9.17) is 11.6 Å². The molecule has 0 radical (unpaired) electrons. The minimum atomic E-state index is 0.623. The maximum absolute atomic E-state index is 10.7. The highest BCUT2D eigenvalue weighted by Gasteiger charge is 2.07. The molecule has 1 heterocycles. The van der Waals surface area contributed by atoms with Crippen LogP contribution in [0.5, 0.6) is 0 Å². The second-order valence-corrected chi connectivity index (χ2v) is 3.33. The fourth-order valence-electron chi connectivity index (χ4n) is 1.39. The first-order chi connectivity index (χ1) is 6.83. The van der Waals surface area contributed by atoms with E-state index < -0.39 is 0 Å². The minimum absolute atomic E-state index is 0.623. The molecule has 0 atom stereocenters.